The summed E-state index contributed by atoms with van der Waals surface area (Å²) < 4.78 is 0. The Balaban J connectivity index is 2.12. The fourth-order valence-electron chi connectivity index (χ4n) is 2.98. The Labute approximate surface area is 102 Å². The first-order valence-electron chi connectivity index (χ1n) is 6.42. The molecule has 1 saturated carbocycles. The van der Waals surface area contributed by atoms with Crippen molar-refractivity contribution in [2.45, 2.75) is 44.1 Å². The standard InChI is InChI=1S/C12H22N4O/c1-16-10(17)12(8-13,15-11(16)14)7-9-5-3-2-4-6-9/h9H,2-8,13H2,1H3,(H2,14,15). The molecule has 2 rings (SSSR count). The lowest BCUT2D eigenvalue weighted by Gasteiger charge is -2.30. The summed E-state index contributed by atoms with van der Waals surface area (Å²) in [7, 11) is 1.67. The highest BCUT2D eigenvalue weighted by atomic mass is 16.2. The molecule has 1 fully saturated rings. The van der Waals surface area contributed by atoms with Crippen molar-refractivity contribution in [3.05, 3.63) is 0 Å². The molecular formula is C12H22N4O. The molecule has 1 aliphatic carbocycles. The summed E-state index contributed by atoms with van der Waals surface area (Å²) in [5, 5.41) is 0. The van der Waals surface area contributed by atoms with Crippen molar-refractivity contribution in [1.29, 1.82) is 0 Å². The monoisotopic (exact) mass is 238 g/mol. The smallest absolute Gasteiger partial charge is 0.258 e. The number of likely N-dealkylation sites (N-methyl/N-ethyl adjacent to an activating group) is 1. The van der Waals surface area contributed by atoms with Crippen LogP contribution in [0.1, 0.15) is 38.5 Å². The second-order valence-electron chi connectivity index (χ2n) is 5.28. The number of nitrogens with two attached hydrogens (primary N) is 2. The van der Waals surface area contributed by atoms with E-state index in [1.54, 1.807) is 7.05 Å². The Morgan fingerprint density at radius 1 is 1.41 bits per heavy atom. The quantitative estimate of drug-likeness (QED) is 0.748. The highest BCUT2D eigenvalue weighted by molar-refractivity contribution is 6.06. The average molecular weight is 238 g/mol. The predicted molar refractivity (Wildman–Crippen MR) is 67.4 cm³/mol. The Kier molecular flexibility index (Phi) is 3.38. The van der Waals surface area contributed by atoms with Gasteiger partial charge in [-0.3, -0.25) is 9.69 Å². The van der Waals surface area contributed by atoms with Gasteiger partial charge >= 0.3 is 0 Å². The first-order valence-corrected chi connectivity index (χ1v) is 6.42. The van der Waals surface area contributed by atoms with Gasteiger partial charge < -0.3 is 11.5 Å². The molecule has 17 heavy (non-hydrogen) atoms. The minimum Gasteiger partial charge on any atom is -0.369 e. The second kappa shape index (κ2) is 4.64. The van der Waals surface area contributed by atoms with Crippen LogP contribution in [0, 0.1) is 5.92 Å². The van der Waals surface area contributed by atoms with E-state index in [4.69, 9.17) is 11.5 Å². The lowest BCUT2D eigenvalue weighted by molar-refractivity contribution is -0.130. The lowest BCUT2D eigenvalue weighted by atomic mass is 9.79. The van der Waals surface area contributed by atoms with Gasteiger partial charge in [-0.1, -0.05) is 32.1 Å². The molecule has 0 radical (unpaired) electrons. The van der Waals surface area contributed by atoms with Gasteiger partial charge in [-0.05, 0) is 12.3 Å². The number of carbonyl (C=O) groups is 1. The normalized spacial score (nSPS) is 30.8. The van der Waals surface area contributed by atoms with Crippen molar-refractivity contribution in [3.63, 3.8) is 0 Å². The molecule has 0 spiro atoms. The van der Waals surface area contributed by atoms with Gasteiger partial charge in [0.15, 0.2) is 11.5 Å². The molecule has 4 N–H and O–H groups in total. The third-order valence-corrected chi connectivity index (χ3v) is 4.06. The molecule has 0 aromatic carbocycles. The molecule has 0 aromatic rings. The summed E-state index contributed by atoms with van der Waals surface area (Å²) in [6.45, 7) is 0.257. The van der Waals surface area contributed by atoms with Crippen LogP contribution in [-0.2, 0) is 4.79 Å². The molecule has 5 nitrogen and oxygen atoms in total. The number of amides is 1. The maximum atomic E-state index is 12.2. The molecule has 0 saturated heterocycles. The lowest BCUT2D eigenvalue weighted by Crippen LogP contribution is -2.48. The van der Waals surface area contributed by atoms with Crippen LogP contribution in [0.3, 0.4) is 0 Å². The van der Waals surface area contributed by atoms with Crippen LogP contribution in [0.4, 0.5) is 0 Å². The SMILES string of the molecule is CN1C(=O)C(CN)(CC2CCCCC2)N=C1N. The van der Waals surface area contributed by atoms with Crippen molar-refractivity contribution < 1.29 is 4.79 Å². The van der Waals surface area contributed by atoms with E-state index < -0.39 is 5.54 Å². The second-order valence-corrected chi connectivity index (χ2v) is 5.28. The molecule has 1 amide bonds. The minimum atomic E-state index is -0.777. The van der Waals surface area contributed by atoms with Gasteiger partial charge in [0, 0.05) is 13.6 Å². The zero-order valence-corrected chi connectivity index (χ0v) is 10.5. The van der Waals surface area contributed by atoms with Crippen LogP contribution in [0.15, 0.2) is 4.99 Å². The maximum Gasteiger partial charge on any atom is 0.258 e. The van der Waals surface area contributed by atoms with Crippen LogP contribution >= 0.6 is 0 Å². The van der Waals surface area contributed by atoms with Gasteiger partial charge in [0.2, 0.25) is 0 Å². The summed E-state index contributed by atoms with van der Waals surface area (Å²) >= 11 is 0. The van der Waals surface area contributed by atoms with Gasteiger partial charge in [-0.25, -0.2) is 4.99 Å². The summed E-state index contributed by atoms with van der Waals surface area (Å²) in [5.41, 5.74) is 10.7. The molecule has 2 aliphatic rings. The third kappa shape index (κ3) is 2.16. The van der Waals surface area contributed by atoms with Crippen LogP contribution < -0.4 is 11.5 Å². The van der Waals surface area contributed by atoms with E-state index in [9.17, 15) is 4.79 Å². The summed E-state index contributed by atoms with van der Waals surface area (Å²) in [4.78, 5) is 18.0. The molecule has 1 atom stereocenters. The molecule has 1 aliphatic heterocycles. The number of rotatable bonds is 3. The molecule has 5 heteroatoms. The highest BCUT2D eigenvalue weighted by Gasteiger charge is 2.46. The van der Waals surface area contributed by atoms with Gasteiger partial charge in [0.1, 0.15) is 0 Å². The molecule has 0 aromatic heterocycles. The van der Waals surface area contributed by atoms with Crippen LogP contribution in [0.2, 0.25) is 0 Å². The van der Waals surface area contributed by atoms with Crippen molar-refractivity contribution in [2.24, 2.45) is 22.4 Å². The fraction of sp³-hybridized carbons (Fsp3) is 0.833. The van der Waals surface area contributed by atoms with E-state index in [1.807, 2.05) is 0 Å². The van der Waals surface area contributed by atoms with Crippen LogP contribution in [-0.4, -0.2) is 35.9 Å². The van der Waals surface area contributed by atoms with Gasteiger partial charge in [0.25, 0.3) is 5.91 Å². The Morgan fingerprint density at radius 2 is 2.06 bits per heavy atom. The van der Waals surface area contributed by atoms with Crippen molar-refractivity contribution in [1.82, 2.24) is 4.90 Å². The number of carbonyl (C=O) groups excluding carboxylic acids is 1. The van der Waals surface area contributed by atoms with E-state index in [-0.39, 0.29) is 12.5 Å². The van der Waals surface area contributed by atoms with Crippen LogP contribution in [0.5, 0.6) is 0 Å². The molecular weight excluding hydrogens is 216 g/mol. The minimum absolute atomic E-state index is 0.0388. The van der Waals surface area contributed by atoms with E-state index in [0.717, 1.165) is 6.42 Å². The Hall–Kier alpha value is -1.10. The summed E-state index contributed by atoms with van der Waals surface area (Å²) in [6.07, 6.45) is 6.96. The average Bonchev–Trinajstić information content (AvgIpc) is 2.56. The molecule has 0 bridgehead atoms. The number of nitrogens with zero attached hydrogens (tertiary/aromatic N) is 2. The zero-order chi connectivity index (χ0) is 12.5. The van der Waals surface area contributed by atoms with Crippen molar-refractivity contribution in [2.75, 3.05) is 13.6 Å². The van der Waals surface area contributed by atoms with Crippen LogP contribution in [0.25, 0.3) is 0 Å². The Bertz CT molecular complexity index is 335. The maximum absolute atomic E-state index is 12.2. The third-order valence-electron chi connectivity index (χ3n) is 4.06. The largest absolute Gasteiger partial charge is 0.369 e. The Morgan fingerprint density at radius 3 is 2.53 bits per heavy atom. The zero-order valence-electron chi connectivity index (χ0n) is 10.5. The fourth-order valence-corrected chi connectivity index (χ4v) is 2.98. The number of hydrogen-bond acceptors (Lipinski definition) is 4. The number of aliphatic imine (C=N–C) groups is 1. The summed E-state index contributed by atoms with van der Waals surface area (Å²) in [6, 6.07) is 0. The van der Waals surface area contributed by atoms with Gasteiger partial charge in [-0.15, -0.1) is 0 Å². The summed E-state index contributed by atoms with van der Waals surface area (Å²) in [5.74, 6) is 0.832. The van der Waals surface area contributed by atoms with E-state index in [1.165, 1.54) is 37.0 Å². The first kappa shape index (κ1) is 12.4. The predicted octanol–water partition coefficient (Wildman–Crippen LogP) is 0.441. The van der Waals surface area contributed by atoms with Crippen molar-refractivity contribution >= 4 is 11.9 Å². The topological polar surface area (TPSA) is 84.7 Å². The van der Waals surface area contributed by atoms with E-state index >= 15 is 0 Å². The highest BCUT2D eigenvalue weighted by Crippen LogP contribution is 2.34. The van der Waals surface area contributed by atoms with Gasteiger partial charge in [-0.2, -0.15) is 0 Å². The first-order chi connectivity index (χ1) is 8.09. The number of guanidine groups is 1. The number of hydrogen-bond donors (Lipinski definition) is 2. The van der Waals surface area contributed by atoms with Crippen molar-refractivity contribution in [3.8, 4) is 0 Å². The molecule has 1 unspecified atom stereocenters. The molecule has 96 valence electrons. The van der Waals surface area contributed by atoms with E-state index in [2.05, 4.69) is 4.99 Å². The van der Waals surface area contributed by atoms with E-state index in [0.29, 0.717) is 11.9 Å². The molecule has 1 heterocycles. The van der Waals surface area contributed by atoms with Gasteiger partial charge in [0.05, 0.1) is 0 Å².